The molecule has 1 atom stereocenters. The van der Waals surface area contributed by atoms with Crippen LogP contribution in [-0.2, 0) is 24.0 Å². The van der Waals surface area contributed by atoms with Gasteiger partial charge in [0.05, 0.1) is 12.1 Å². The Labute approximate surface area is 160 Å². The van der Waals surface area contributed by atoms with Crippen LogP contribution in [0, 0.1) is 0 Å². The Balaban J connectivity index is 1.81. The normalized spacial score (nSPS) is 19.8. The van der Waals surface area contributed by atoms with Gasteiger partial charge in [-0.1, -0.05) is 5.16 Å². The molecule has 28 heavy (non-hydrogen) atoms. The van der Waals surface area contributed by atoms with Gasteiger partial charge in [-0.3, -0.25) is 9.59 Å². The van der Waals surface area contributed by atoms with Crippen molar-refractivity contribution in [1.82, 2.24) is 20.3 Å². The van der Waals surface area contributed by atoms with E-state index >= 15 is 0 Å². The SMILES string of the molecule is CO/N=C(/C(=O)N[C@H]1CN2CC(C(=O)O)=C(C(=O)O)N2C1=O)c1csc(N)n1. The van der Waals surface area contributed by atoms with E-state index in [1.807, 2.05) is 0 Å². The number of nitrogens with two attached hydrogens (primary N) is 1. The zero-order valence-corrected chi connectivity index (χ0v) is 15.1. The molecule has 14 heteroatoms. The second-order valence-electron chi connectivity index (χ2n) is 5.65. The van der Waals surface area contributed by atoms with Gasteiger partial charge in [-0.05, 0) is 0 Å². The van der Waals surface area contributed by atoms with Gasteiger partial charge in [0, 0.05) is 11.9 Å². The highest BCUT2D eigenvalue weighted by molar-refractivity contribution is 7.13. The molecule has 0 spiro atoms. The smallest absolute Gasteiger partial charge is 0.354 e. The molecule has 0 radical (unpaired) electrons. The summed E-state index contributed by atoms with van der Waals surface area (Å²) in [7, 11) is 1.23. The van der Waals surface area contributed by atoms with E-state index in [0.29, 0.717) is 0 Å². The first-order chi connectivity index (χ1) is 13.2. The Morgan fingerprint density at radius 2 is 2.11 bits per heavy atom. The number of nitrogen functional groups attached to an aromatic ring is 1. The van der Waals surface area contributed by atoms with Gasteiger partial charge >= 0.3 is 11.9 Å². The van der Waals surface area contributed by atoms with E-state index in [2.05, 4.69) is 20.3 Å². The molecule has 1 fully saturated rings. The second-order valence-corrected chi connectivity index (χ2v) is 6.54. The number of carbonyl (C=O) groups excluding carboxylic acids is 2. The number of anilines is 1. The van der Waals surface area contributed by atoms with Crippen molar-refractivity contribution in [3.8, 4) is 0 Å². The second kappa shape index (κ2) is 7.24. The van der Waals surface area contributed by atoms with Crippen molar-refractivity contribution in [2.75, 3.05) is 25.9 Å². The summed E-state index contributed by atoms with van der Waals surface area (Å²) in [6.45, 7) is -0.395. The Kier molecular flexibility index (Phi) is 4.98. The van der Waals surface area contributed by atoms with Gasteiger partial charge < -0.3 is 26.1 Å². The first-order valence-corrected chi connectivity index (χ1v) is 8.54. The lowest BCUT2D eigenvalue weighted by atomic mass is 10.1. The van der Waals surface area contributed by atoms with Crippen molar-refractivity contribution in [3.63, 3.8) is 0 Å². The molecule has 2 aliphatic rings. The first-order valence-electron chi connectivity index (χ1n) is 7.66. The fourth-order valence-corrected chi connectivity index (χ4v) is 3.39. The van der Waals surface area contributed by atoms with Crippen LogP contribution in [-0.4, -0.2) is 80.9 Å². The van der Waals surface area contributed by atoms with Crippen LogP contribution in [0.2, 0.25) is 0 Å². The van der Waals surface area contributed by atoms with Crippen LogP contribution in [0.25, 0.3) is 0 Å². The maximum absolute atomic E-state index is 12.6. The Bertz CT molecular complexity index is 938. The number of nitrogens with one attached hydrogen (secondary N) is 1. The van der Waals surface area contributed by atoms with Crippen molar-refractivity contribution in [2.24, 2.45) is 5.16 Å². The van der Waals surface area contributed by atoms with E-state index < -0.39 is 41.1 Å². The molecule has 148 valence electrons. The average molecular weight is 410 g/mol. The molecular weight excluding hydrogens is 396 g/mol. The summed E-state index contributed by atoms with van der Waals surface area (Å²) in [6, 6.07) is -1.12. The summed E-state index contributed by atoms with van der Waals surface area (Å²) < 4.78 is 0. The van der Waals surface area contributed by atoms with Gasteiger partial charge in [0.25, 0.3) is 11.8 Å². The summed E-state index contributed by atoms with van der Waals surface area (Å²) in [5, 5.41) is 28.1. The number of nitrogens with zero attached hydrogens (tertiary/aromatic N) is 4. The number of carboxylic acid groups (broad SMARTS) is 2. The predicted octanol–water partition coefficient (Wildman–Crippen LogP) is -1.94. The van der Waals surface area contributed by atoms with Crippen LogP contribution in [0.4, 0.5) is 5.13 Å². The molecule has 5 N–H and O–H groups in total. The lowest BCUT2D eigenvalue weighted by Gasteiger charge is -2.18. The minimum absolute atomic E-state index is 0.113. The molecule has 0 saturated carbocycles. The topological polar surface area (TPSA) is 188 Å². The van der Waals surface area contributed by atoms with Crippen LogP contribution in [0.5, 0.6) is 0 Å². The summed E-state index contributed by atoms with van der Waals surface area (Å²) in [5.74, 6) is -4.56. The van der Waals surface area contributed by atoms with E-state index in [0.717, 1.165) is 16.3 Å². The quantitative estimate of drug-likeness (QED) is 0.303. The van der Waals surface area contributed by atoms with Crippen molar-refractivity contribution >= 4 is 45.9 Å². The molecule has 0 unspecified atom stereocenters. The van der Waals surface area contributed by atoms with Crippen molar-refractivity contribution in [3.05, 3.63) is 22.3 Å². The highest BCUT2D eigenvalue weighted by Crippen LogP contribution is 2.29. The molecule has 13 nitrogen and oxygen atoms in total. The maximum atomic E-state index is 12.6. The van der Waals surface area contributed by atoms with Crippen LogP contribution in [0.15, 0.2) is 21.8 Å². The number of oxime groups is 1. The largest absolute Gasteiger partial charge is 0.478 e. The molecule has 2 aliphatic heterocycles. The van der Waals surface area contributed by atoms with Gasteiger partial charge in [-0.25, -0.2) is 24.6 Å². The number of amides is 2. The molecule has 0 aromatic carbocycles. The van der Waals surface area contributed by atoms with Crippen molar-refractivity contribution in [1.29, 1.82) is 0 Å². The lowest BCUT2D eigenvalue weighted by Crippen LogP contribution is -2.46. The number of hydrogen-bond donors (Lipinski definition) is 4. The molecule has 0 aliphatic carbocycles. The summed E-state index contributed by atoms with van der Waals surface area (Å²) in [5.41, 5.74) is 4.42. The molecule has 1 aromatic rings. The number of hydrazine groups is 1. The fraction of sp³-hybridized carbons (Fsp3) is 0.286. The van der Waals surface area contributed by atoms with E-state index in [1.54, 1.807) is 0 Å². The van der Waals surface area contributed by atoms with E-state index in [9.17, 15) is 24.3 Å². The number of rotatable bonds is 6. The van der Waals surface area contributed by atoms with Crippen LogP contribution >= 0.6 is 11.3 Å². The van der Waals surface area contributed by atoms with Gasteiger partial charge in [0.15, 0.2) is 16.5 Å². The van der Waals surface area contributed by atoms with Gasteiger partial charge in [0.2, 0.25) is 0 Å². The van der Waals surface area contributed by atoms with Crippen LogP contribution < -0.4 is 11.1 Å². The summed E-state index contributed by atoms with van der Waals surface area (Å²) in [6.07, 6.45) is 0. The Morgan fingerprint density at radius 3 is 2.64 bits per heavy atom. The zero-order chi connectivity index (χ0) is 20.6. The Hall–Kier alpha value is -3.52. The monoisotopic (exact) mass is 410 g/mol. The third-order valence-electron chi connectivity index (χ3n) is 3.95. The standard InChI is InChI=1S/C14H14N6O7S/c1-27-18-8(7-4-28-14(15)17-7)10(21)16-6-3-19-2-5(12(23)24)9(13(25)26)20(19)11(6)22/h4,6H,2-3H2,1H3,(H2,15,17)(H,16,21)(H,23,24)(H,25,26)/b18-8+/t6-/m0/s1. The van der Waals surface area contributed by atoms with Crippen LogP contribution in [0.1, 0.15) is 5.69 Å². The van der Waals surface area contributed by atoms with E-state index in [1.165, 1.54) is 17.5 Å². The van der Waals surface area contributed by atoms with Gasteiger partial charge in [-0.15, -0.1) is 11.3 Å². The van der Waals surface area contributed by atoms with E-state index in [4.69, 9.17) is 10.8 Å². The first kappa shape index (κ1) is 19.2. The number of carboxylic acids is 2. The predicted molar refractivity (Wildman–Crippen MR) is 92.7 cm³/mol. The number of hydrogen-bond acceptors (Lipinski definition) is 10. The Morgan fingerprint density at radius 1 is 1.39 bits per heavy atom. The van der Waals surface area contributed by atoms with Crippen molar-refractivity contribution < 1.29 is 34.2 Å². The van der Waals surface area contributed by atoms with E-state index in [-0.39, 0.29) is 29.6 Å². The highest BCUT2D eigenvalue weighted by atomic mass is 32.1. The number of thiazole rings is 1. The molecular formula is C14H14N6O7S. The maximum Gasteiger partial charge on any atom is 0.354 e. The number of aromatic nitrogens is 1. The van der Waals surface area contributed by atoms with Crippen molar-refractivity contribution in [2.45, 2.75) is 6.04 Å². The number of fused-ring (bicyclic) bond motifs is 1. The lowest BCUT2D eigenvalue weighted by molar-refractivity contribution is -0.143. The minimum atomic E-state index is -1.56. The molecule has 0 bridgehead atoms. The fourth-order valence-electron chi connectivity index (χ4n) is 2.84. The highest BCUT2D eigenvalue weighted by Gasteiger charge is 2.49. The molecule has 3 rings (SSSR count). The third-order valence-corrected chi connectivity index (χ3v) is 4.62. The molecule has 2 amide bonds. The molecule has 3 heterocycles. The van der Waals surface area contributed by atoms with Gasteiger partial charge in [-0.2, -0.15) is 0 Å². The molecule has 1 saturated heterocycles. The molecule has 1 aromatic heterocycles. The van der Waals surface area contributed by atoms with Crippen LogP contribution in [0.3, 0.4) is 0 Å². The summed E-state index contributed by atoms with van der Waals surface area (Å²) >= 11 is 1.08. The minimum Gasteiger partial charge on any atom is -0.478 e. The zero-order valence-electron chi connectivity index (χ0n) is 14.3. The number of aliphatic carboxylic acids is 2. The third kappa shape index (κ3) is 3.25. The average Bonchev–Trinajstić information content (AvgIpc) is 3.28. The number of carbonyl (C=O) groups is 4. The van der Waals surface area contributed by atoms with Gasteiger partial charge in [0.1, 0.15) is 18.8 Å². The summed E-state index contributed by atoms with van der Waals surface area (Å²) in [4.78, 5) is 56.4.